The molecular weight excluding hydrogens is 615 g/mol. The number of hydrogen-bond acceptors (Lipinski definition) is 8. The van der Waals surface area contributed by atoms with Crippen molar-refractivity contribution in [3.8, 4) is 17.6 Å². The summed E-state index contributed by atoms with van der Waals surface area (Å²) in [5, 5.41) is 10.1. The summed E-state index contributed by atoms with van der Waals surface area (Å²) in [6, 6.07) is 8.44. The Morgan fingerprint density at radius 1 is 1.22 bits per heavy atom. The van der Waals surface area contributed by atoms with Crippen molar-refractivity contribution >= 4 is 32.9 Å². The van der Waals surface area contributed by atoms with Gasteiger partial charge in [-0.3, -0.25) is 14.1 Å². The summed E-state index contributed by atoms with van der Waals surface area (Å²) < 4.78 is 56.4. The van der Waals surface area contributed by atoms with Crippen LogP contribution in [-0.4, -0.2) is 65.6 Å². The molecule has 2 aromatic carbocycles. The predicted molar refractivity (Wildman–Crippen MR) is 170 cm³/mol. The molecule has 1 N–H and O–H groups in total. The van der Waals surface area contributed by atoms with Gasteiger partial charge in [0, 0.05) is 32.7 Å². The average molecular weight is 655 g/mol. The molecule has 1 saturated heterocycles. The third-order valence-electron chi connectivity index (χ3n) is 8.84. The van der Waals surface area contributed by atoms with Crippen LogP contribution in [0.2, 0.25) is 0 Å². The van der Waals surface area contributed by atoms with Gasteiger partial charge in [0.05, 0.1) is 22.9 Å². The van der Waals surface area contributed by atoms with E-state index in [2.05, 4.69) is 9.71 Å². The van der Waals surface area contributed by atoms with Crippen molar-refractivity contribution in [1.29, 1.82) is 5.26 Å². The zero-order chi connectivity index (χ0) is 33.4. The van der Waals surface area contributed by atoms with E-state index in [1.54, 1.807) is 28.8 Å². The number of rotatable bonds is 7. The number of hydrogen-bond donors (Lipinski definition) is 1. The van der Waals surface area contributed by atoms with Gasteiger partial charge >= 0.3 is 16.3 Å². The standard InChI is InChI=1S/C32H39FN6O6S/c1-6-37(5)46(42,43)36-27-10-8-25(33)28(24(27)19-34)44-22-7-9-26-23(17-22)29(40)39(20-35-26)21-11-12-32(18-21)13-15-38(16-14-32)30(41)45-31(2,3)4/h7-10,17,20-21,36H,6,11-16,18H2,1-5H3/t21-/m1/s1. The highest BCUT2D eigenvalue weighted by Crippen LogP contribution is 2.50. The van der Waals surface area contributed by atoms with Crippen molar-refractivity contribution in [2.24, 2.45) is 5.41 Å². The summed E-state index contributed by atoms with van der Waals surface area (Å²) in [6.45, 7) is 8.58. The van der Waals surface area contributed by atoms with Gasteiger partial charge in [0.25, 0.3) is 5.56 Å². The van der Waals surface area contributed by atoms with Gasteiger partial charge in [-0.1, -0.05) is 6.92 Å². The van der Waals surface area contributed by atoms with Gasteiger partial charge in [-0.2, -0.15) is 18.0 Å². The predicted octanol–water partition coefficient (Wildman–Crippen LogP) is 5.55. The molecule has 12 nitrogen and oxygen atoms in total. The lowest BCUT2D eigenvalue weighted by atomic mass is 9.77. The van der Waals surface area contributed by atoms with Crippen LogP contribution in [0.3, 0.4) is 0 Å². The first-order chi connectivity index (χ1) is 21.6. The van der Waals surface area contributed by atoms with E-state index in [9.17, 15) is 27.7 Å². The third kappa shape index (κ3) is 6.80. The molecular formula is C32H39FN6O6S. The molecule has 46 heavy (non-hydrogen) atoms. The number of amides is 1. The van der Waals surface area contributed by atoms with Crippen LogP contribution in [0.5, 0.6) is 11.5 Å². The van der Waals surface area contributed by atoms with E-state index in [1.807, 2.05) is 26.8 Å². The number of fused-ring (bicyclic) bond motifs is 1. The van der Waals surface area contributed by atoms with E-state index < -0.39 is 27.4 Å². The van der Waals surface area contributed by atoms with Crippen LogP contribution in [0.4, 0.5) is 14.9 Å². The fourth-order valence-corrected chi connectivity index (χ4v) is 7.10. The van der Waals surface area contributed by atoms with E-state index in [-0.39, 0.29) is 52.0 Å². The average Bonchev–Trinajstić information content (AvgIpc) is 3.41. The molecule has 0 unspecified atom stereocenters. The van der Waals surface area contributed by atoms with Crippen LogP contribution in [0.15, 0.2) is 41.5 Å². The van der Waals surface area contributed by atoms with Gasteiger partial charge in [0.2, 0.25) is 0 Å². The van der Waals surface area contributed by atoms with Crippen molar-refractivity contribution in [3.05, 3.63) is 58.4 Å². The Morgan fingerprint density at radius 3 is 2.59 bits per heavy atom. The molecule has 1 saturated carbocycles. The number of halogens is 1. The number of carbonyl (C=O) groups excluding carboxylic acids is 1. The van der Waals surface area contributed by atoms with E-state index in [1.165, 1.54) is 19.2 Å². The van der Waals surface area contributed by atoms with Crippen molar-refractivity contribution in [3.63, 3.8) is 0 Å². The Kier molecular flexibility index (Phi) is 9.03. The van der Waals surface area contributed by atoms with Gasteiger partial charge in [0.15, 0.2) is 11.6 Å². The van der Waals surface area contributed by atoms with E-state index in [0.717, 1.165) is 48.5 Å². The molecule has 1 atom stereocenters. The van der Waals surface area contributed by atoms with E-state index in [4.69, 9.17) is 9.47 Å². The zero-order valence-corrected chi connectivity index (χ0v) is 27.5. The summed E-state index contributed by atoms with van der Waals surface area (Å²) in [7, 11) is -2.62. The normalized spacial score (nSPS) is 18.1. The summed E-state index contributed by atoms with van der Waals surface area (Å²) in [4.78, 5) is 32.6. The van der Waals surface area contributed by atoms with Crippen LogP contribution in [-0.2, 0) is 14.9 Å². The van der Waals surface area contributed by atoms with Crippen LogP contribution in [0, 0.1) is 22.6 Å². The summed E-state index contributed by atoms with van der Waals surface area (Å²) in [5.74, 6) is -1.26. The van der Waals surface area contributed by atoms with Gasteiger partial charge in [-0.05, 0) is 88.6 Å². The minimum atomic E-state index is -3.99. The molecule has 1 aliphatic carbocycles. The van der Waals surface area contributed by atoms with Crippen LogP contribution >= 0.6 is 0 Å². The minimum Gasteiger partial charge on any atom is -0.453 e. The maximum atomic E-state index is 15.0. The molecule has 3 aromatic rings. The van der Waals surface area contributed by atoms with Gasteiger partial charge in [-0.15, -0.1) is 0 Å². The molecule has 2 aliphatic rings. The van der Waals surface area contributed by atoms with Crippen LogP contribution in [0.1, 0.15) is 71.4 Å². The van der Waals surface area contributed by atoms with Crippen LogP contribution < -0.4 is 15.0 Å². The quantitative estimate of drug-likeness (QED) is 0.349. The number of aromatic nitrogens is 2. The second-order valence-electron chi connectivity index (χ2n) is 13.0. The largest absolute Gasteiger partial charge is 0.453 e. The summed E-state index contributed by atoms with van der Waals surface area (Å²) >= 11 is 0. The minimum absolute atomic E-state index is 0.0201. The number of nitrogens with zero attached hydrogens (tertiary/aromatic N) is 5. The molecule has 2 heterocycles. The zero-order valence-electron chi connectivity index (χ0n) is 26.7. The highest BCUT2D eigenvalue weighted by molar-refractivity contribution is 7.90. The summed E-state index contributed by atoms with van der Waals surface area (Å²) in [5.41, 5.74) is -0.860. The number of ether oxygens (including phenoxy) is 2. The van der Waals surface area contributed by atoms with Gasteiger partial charge in [0.1, 0.15) is 23.0 Å². The molecule has 0 radical (unpaired) electrons. The third-order valence-corrected chi connectivity index (χ3v) is 10.4. The number of piperidine rings is 1. The number of carbonyl (C=O) groups is 1. The van der Waals surface area contributed by atoms with Crippen LogP contribution in [0.25, 0.3) is 10.9 Å². The van der Waals surface area contributed by atoms with Gasteiger partial charge in [-0.25, -0.2) is 14.2 Å². The topological polar surface area (TPSA) is 147 Å². The molecule has 0 bridgehead atoms. The Bertz CT molecular complexity index is 1860. The number of nitriles is 1. The molecule has 1 spiro atoms. The van der Waals surface area contributed by atoms with E-state index >= 15 is 0 Å². The molecule has 1 aromatic heterocycles. The molecule has 1 amide bonds. The van der Waals surface area contributed by atoms with Crippen molar-refractivity contribution in [2.45, 2.75) is 71.4 Å². The molecule has 246 valence electrons. The van der Waals surface area contributed by atoms with E-state index in [0.29, 0.717) is 18.6 Å². The number of anilines is 1. The first-order valence-electron chi connectivity index (χ1n) is 15.3. The Morgan fingerprint density at radius 2 is 1.93 bits per heavy atom. The van der Waals surface area contributed by atoms with Crippen molar-refractivity contribution in [2.75, 3.05) is 31.4 Å². The lowest BCUT2D eigenvalue weighted by Crippen LogP contribution is -2.44. The molecule has 5 rings (SSSR count). The SMILES string of the molecule is CCN(C)S(=O)(=O)Nc1ccc(F)c(Oc2ccc3ncn([C@@H]4CCC5(CCN(C(=O)OC(C)(C)C)CC5)C4)c(=O)c3c2)c1C#N. The summed E-state index contributed by atoms with van der Waals surface area (Å²) in [6.07, 6.45) is 5.41. The second kappa shape index (κ2) is 12.5. The fourth-order valence-electron chi connectivity index (χ4n) is 6.15. The number of nitrogens with one attached hydrogen (secondary N) is 1. The maximum Gasteiger partial charge on any atom is 0.410 e. The Hall–Kier alpha value is -4.22. The lowest BCUT2D eigenvalue weighted by Gasteiger charge is -2.40. The number of likely N-dealkylation sites (tertiary alicyclic amines) is 1. The highest BCUT2D eigenvalue weighted by Gasteiger charge is 2.43. The first-order valence-corrected chi connectivity index (χ1v) is 16.7. The van der Waals surface area contributed by atoms with Crippen molar-refractivity contribution < 1.29 is 27.1 Å². The van der Waals surface area contributed by atoms with Crippen molar-refractivity contribution in [1.82, 2.24) is 18.8 Å². The highest BCUT2D eigenvalue weighted by atomic mass is 32.2. The van der Waals surface area contributed by atoms with Gasteiger partial charge < -0.3 is 14.4 Å². The fraction of sp³-hybridized carbons (Fsp3) is 0.500. The smallest absolute Gasteiger partial charge is 0.410 e. The molecule has 14 heteroatoms. The monoisotopic (exact) mass is 654 g/mol. The lowest BCUT2D eigenvalue weighted by molar-refractivity contribution is 0.0103. The molecule has 1 aliphatic heterocycles. The maximum absolute atomic E-state index is 15.0. The first kappa shape index (κ1) is 33.2. The Labute approximate surface area is 267 Å². The molecule has 2 fully saturated rings. The second-order valence-corrected chi connectivity index (χ2v) is 14.8. The Balaban J connectivity index is 1.36. The number of benzene rings is 2.